The molecule has 0 unspecified atom stereocenters. The number of nitrogens with zero attached hydrogens (tertiary/aromatic N) is 2. The Morgan fingerprint density at radius 1 is 0.667 bits per heavy atom. The van der Waals surface area contributed by atoms with Crippen molar-refractivity contribution >= 4 is 34.0 Å². The molecule has 0 radical (unpaired) electrons. The van der Waals surface area contributed by atoms with Gasteiger partial charge in [-0.05, 0) is 142 Å². The maximum absolute atomic E-state index is 14.2. The van der Waals surface area contributed by atoms with Gasteiger partial charge in [-0.2, -0.15) is 0 Å². The predicted octanol–water partition coefficient (Wildman–Crippen LogP) is 8.04. The van der Waals surface area contributed by atoms with Gasteiger partial charge in [-0.15, -0.1) is 0 Å². The number of amides is 2. The Hall–Kier alpha value is -4.13. The van der Waals surface area contributed by atoms with Gasteiger partial charge in [0.2, 0.25) is 9.84 Å². The first-order chi connectivity index (χ1) is 26.5. The van der Waals surface area contributed by atoms with Gasteiger partial charge in [0.15, 0.2) is 0 Å². The van der Waals surface area contributed by atoms with Crippen LogP contribution in [0, 0.1) is 23.7 Å². The number of unbranched alkanes of at least 4 members (excludes halogenated alkanes) is 1. The molecule has 0 spiro atoms. The second kappa shape index (κ2) is 18.6. The number of benzene rings is 2. The van der Waals surface area contributed by atoms with Crippen LogP contribution in [0.4, 0.5) is 9.59 Å². The highest BCUT2D eigenvalue weighted by Gasteiger charge is 2.40. The van der Waals surface area contributed by atoms with Crippen molar-refractivity contribution in [3.63, 3.8) is 0 Å². The number of ether oxygens (including phenoxy) is 4. The summed E-state index contributed by atoms with van der Waals surface area (Å²) < 4.78 is 51.1. The third-order valence-corrected chi connectivity index (χ3v) is 11.7. The fourth-order valence-electron chi connectivity index (χ4n) is 7.25. The van der Waals surface area contributed by atoms with Crippen LogP contribution in [0.5, 0.6) is 0 Å². The van der Waals surface area contributed by atoms with Crippen LogP contribution in [0.25, 0.3) is 0 Å². The Balaban J connectivity index is 1.56. The first-order valence-corrected chi connectivity index (χ1v) is 21.7. The molecule has 0 bridgehead atoms. The third-order valence-electron chi connectivity index (χ3n) is 9.97. The van der Waals surface area contributed by atoms with Crippen molar-refractivity contribution in [1.82, 2.24) is 9.80 Å². The Labute approximate surface area is 339 Å². The Kier molecular flexibility index (Phi) is 14.9. The summed E-state index contributed by atoms with van der Waals surface area (Å²) in [5.74, 6) is -2.48. The van der Waals surface area contributed by atoms with Crippen molar-refractivity contribution in [3.05, 3.63) is 59.7 Å². The topological polar surface area (TPSA) is 146 Å². The number of likely N-dealkylation sites (tertiary alicyclic amines) is 2. The van der Waals surface area contributed by atoms with E-state index in [2.05, 4.69) is 0 Å². The molecular weight excluding hydrogens is 749 g/mol. The molecule has 2 aromatic carbocycles. The minimum absolute atomic E-state index is 0.0682. The predicted molar refractivity (Wildman–Crippen MR) is 216 cm³/mol. The second-order valence-corrected chi connectivity index (χ2v) is 20.4. The molecule has 2 amide bonds. The smallest absolute Gasteiger partial charge is 0.410 e. The van der Waals surface area contributed by atoms with E-state index >= 15 is 0 Å². The lowest BCUT2D eigenvalue weighted by molar-refractivity contribution is -0.163. The SMILES string of the molecule is CCCCOC(=O)N1CC[C@H]([C@H](Cc2cccc(S(=O)(=O)c3cccc(C[C@H](C(=O)OC(C)(C)C)[C@H]4CCN(C(=O)OC(C)(C)C)C4)c3)c2)C(=O)OC(C)(C)C)C1. The average Bonchev–Trinajstić information content (AvgIpc) is 3.79. The van der Waals surface area contributed by atoms with Crippen LogP contribution in [-0.2, 0) is 51.2 Å². The van der Waals surface area contributed by atoms with Crippen molar-refractivity contribution in [2.75, 3.05) is 32.8 Å². The van der Waals surface area contributed by atoms with Gasteiger partial charge >= 0.3 is 24.1 Å². The maximum atomic E-state index is 14.2. The molecule has 0 aromatic heterocycles. The first kappa shape index (κ1) is 45.6. The summed E-state index contributed by atoms with van der Waals surface area (Å²) in [5.41, 5.74) is -0.848. The molecule has 2 fully saturated rings. The monoisotopic (exact) mass is 812 g/mol. The van der Waals surface area contributed by atoms with E-state index in [9.17, 15) is 27.6 Å². The van der Waals surface area contributed by atoms with Gasteiger partial charge in [-0.1, -0.05) is 37.6 Å². The molecule has 0 saturated carbocycles. The molecule has 0 aliphatic carbocycles. The molecule has 12 nitrogen and oxygen atoms in total. The minimum atomic E-state index is -4.03. The molecule has 2 aliphatic heterocycles. The fraction of sp³-hybridized carbons (Fsp3) is 0.636. The van der Waals surface area contributed by atoms with Gasteiger partial charge in [0.1, 0.15) is 16.8 Å². The second-order valence-electron chi connectivity index (χ2n) is 18.4. The Morgan fingerprint density at radius 2 is 1.09 bits per heavy atom. The molecule has 4 rings (SSSR count). The summed E-state index contributed by atoms with van der Waals surface area (Å²) in [6.07, 6.45) is 2.44. The van der Waals surface area contributed by atoms with Crippen molar-refractivity contribution in [2.45, 2.75) is 134 Å². The molecule has 2 aromatic rings. The normalized spacial score (nSPS) is 18.8. The highest BCUT2D eigenvalue weighted by atomic mass is 32.2. The summed E-state index contributed by atoms with van der Waals surface area (Å²) in [7, 11) is -4.03. The summed E-state index contributed by atoms with van der Waals surface area (Å²) in [6.45, 7) is 20.1. The van der Waals surface area contributed by atoms with Crippen LogP contribution in [-0.4, -0.2) is 91.9 Å². The van der Waals surface area contributed by atoms with Crippen LogP contribution >= 0.6 is 0 Å². The van der Waals surface area contributed by atoms with Crippen LogP contribution in [0.2, 0.25) is 0 Å². The zero-order valence-corrected chi connectivity index (χ0v) is 36.4. The highest BCUT2D eigenvalue weighted by Crippen LogP contribution is 2.34. The molecule has 0 N–H and O–H groups in total. The van der Waals surface area contributed by atoms with E-state index in [-0.39, 0.29) is 34.5 Å². The number of sulfone groups is 1. The molecule has 2 heterocycles. The van der Waals surface area contributed by atoms with E-state index in [0.717, 1.165) is 12.8 Å². The van der Waals surface area contributed by atoms with Gasteiger partial charge < -0.3 is 28.7 Å². The van der Waals surface area contributed by atoms with Gasteiger partial charge in [0.05, 0.1) is 28.2 Å². The highest BCUT2D eigenvalue weighted by molar-refractivity contribution is 7.91. The van der Waals surface area contributed by atoms with E-state index in [0.29, 0.717) is 56.8 Å². The lowest BCUT2D eigenvalue weighted by Gasteiger charge is -2.28. The number of carbonyl (C=O) groups excluding carboxylic acids is 4. The summed E-state index contributed by atoms with van der Waals surface area (Å²) in [5, 5.41) is 0. The molecule has 2 saturated heterocycles. The first-order valence-electron chi connectivity index (χ1n) is 20.2. The Bertz CT molecular complexity index is 1840. The number of hydrogen-bond donors (Lipinski definition) is 0. The molecule has 57 heavy (non-hydrogen) atoms. The number of rotatable bonds is 13. The lowest BCUT2D eigenvalue weighted by atomic mass is 9.86. The van der Waals surface area contributed by atoms with E-state index < -0.39 is 62.6 Å². The fourth-order valence-corrected chi connectivity index (χ4v) is 8.65. The summed E-state index contributed by atoms with van der Waals surface area (Å²) in [6, 6.07) is 13.2. The quantitative estimate of drug-likeness (QED) is 0.111. The van der Waals surface area contributed by atoms with Crippen LogP contribution < -0.4 is 0 Å². The van der Waals surface area contributed by atoms with E-state index in [1.54, 1.807) is 109 Å². The van der Waals surface area contributed by atoms with Crippen molar-refractivity contribution in [1.29, 1.82) is 0 Å². The number of esters is 2. The van der Waals surface area contributed by atoms with Crippen LogP contribution in [0.1, 0.15) is 106 Å². The van der Waals surface area contributed by atoms with E-state index in [1.807, 2.05) is 6.92 Å². The zero-order valence-electron chi connectivity index (χ0n) is 35.6. The standard InChI is InChI=1S/C44H64N2O10S/c1-11-12-23-53-40(49)45-21-19-32(28-45)36(38(47)54-42(2,3)4)26-30-15-13-17-34(24-30)57(51,52)35-18-14-16-31(25-35)27-37(39(48)55-43(5,6)7)33-20-22-46(29-33)41(50)56-44(8,9)10/h13-18,24-25,32-33,36-37H,11-12,19-23,26-29H2,1-10H3/t32-,33-,36-,37-/m0/s1. The number of hydrogen-bond acceptors (Lipinski definition) is 10. The molecule has 316 valence electrons. The summed E-state index contributed by atoms with van der Waals surface area (Å²) in [4.78, 5) is 56.3. The molecular formula is C44H64N2O10S. The minimum Gasteiger partial charge on any atom is -0.460 e. The average molecular weight is 813 g/mol. The van der Waals surface area contributed by atoms with Gasteiger partial charge in [0, 0.05) is 26.2 Å². The van der Waals surface area contributed by atoms with E-state index in [4.69, 9.17) is 18.9 Å². The van der Waals surface area contributed by atoms with Crippen molar-refractivity contribution in [2.24, 2.45) is 23.7 Å². The summed E-state index contributed by atoms with van der Waals surface area (Å²) >= 11 is 0. The van der Waals surface area contributed by atoms with Gasteiger partial charge in [0.25, 0.3) is 0 Å². The van der Waals surface area contributed by atoms with Crippen LogP contribution in [0.3, 0.4) is 0 Å². The molecule has 4 atom stereocenters. The molecule has 2 aliphatic rings. The number of carbonyl (C=O) groups is 4. The van der Waals surface area contributed by atoms with E-state index in [1.165, 1.54) is 12.1 Å². The Morgan fingerprint density at radius 3 is 1.49 bits per heavy atom. The lowest BCUT2D eigenvalue weighted by Crippen LogP contribution is -2.38. The maximum Gasteiger partial charge on any atom is 0.410 e. The zero-order chi connectivity index (χ0) is 42.3. The van der Waals surface area contributed by atoms with Gasteiger partial charge in [-0.3, -0.25) is 9.59 Å². The van der Waals surface area contributed by atoms with Crippen molar-refractivity contribution < 1.29 is 46.5 Å². The molecule has 13 heteroatoms. The van der Waals surface area contributed by atoms with Crippen LogP contribution in [0.15, 0.2) is 58.3 Å². The largest absolute Gasteiger partial charge is 0.460 e. The van der Waals surface area contributed by atoms with Crippen molar-refractivity contribution in [3.8, 4) is 0 Å². The van der Waals surface area contributed by atoms with Gasteiger partial charge in [-0.25, -0.2) is 18.0 Å². The third kappa shape index (κ3) is 13.5.